The molecule has 1 aliphatic carbocycles. The number of nitrogen functional groups attached to an aromatic ring is 1. The van der Waals surface area contributed by atoms with E-state index in [1.54, 1.807) is 12.1 Å². The highest BCUT2D eigenvalue weighted by molar-refractivity contribution is 5.62. The molecule has 0 aliphatic heterocycles. The quantitative estimate of drug-likeness (QED) is 0.356. The van der Waals surface area contributed by atoms with E-state index in [1.165, 1.54) is 18.9 Å². The van der Waals surface area contributed by atoms with E-state index in [9.17, 15) is 10.1 Å². The average Bonchev–Trinajstić information content (AvgIpc) is 3.10. The van der Waals surface area contributed by atoms with Gasteiger partial charge in [-0.1, -0.05) is 25.0 Å². The Morgan fingerprint density at radius 3 is 2.88 bits per heavy atom. The minimum atomic E-state index is -0.469. The number of benzene rings is 1. The highest BCUT2D eigenvalue weighted by Gasteiger charge is 2.20. The molecule has 0 saturated heterocycles. The lowest BCUT2D eigenvalue weighted by atomic mass is 10.1. The highest BCUT2D eigenvalue weighted by atomic mass is 16.6. The summed E-state index contributed by atoms with van der Waals surface area (Å²) < 4.78 is 5.48. The minimum absolute atomic E-state index is 0.0479. The number of nitro benzene ring substituents is 1. The molecule has 0 bridgehead atoms. The molecule has 2 N–H and O–H groups in total. The minimum Gasteiger partial charge on any atom is -0.393 e. The Labute approximate surface area is 99.7 Å². The molecule has 5 heteroatoms. The van der Waals surface area contributed by atoms with Crippen LogP contribution in [0.1, 0.15) is 24.8 Å². The Bertz CT molecular complexity index is 416. The van der Waals surface area contributed by atoms with Crippen molar-refractivity contribution in [3.8, 4) is 0 Å². The molecular weight excluding hydrogens is 220 g/mol. The van der Waals surface area contributed by atoms with Gasteiger partial charge in [-0.2, -0.15) is 0 Å². The topological polar surface area (TPSA) is 78.4 Å². The molecule has 0 spiro atoms. The zero-order chi connectivity index (χ0) is 12.3. The largest absolute Gasteiger partial charge is 0.393 e. The Kier molecular flexibility index (Phi) is 3.58. The van der Waals surface area contributed by atoms with Crippen molar-refractivity contribution < 1.29 is 9.66 Å². The molecule has 0 aromatic heterocycles. The fraction of sp³-hybridized carbons (Fsp3) is 0.500. The van der Waals surface area contributed by atoms with E-state index in [0.29, 0.717) is 18.8 Å². The molecule has 17 heavy (non-hydrogen) atoms. The number of nitro groups is 1. The van der Waals surface area contributed by atoms with Crippen LogP contribution in [0.15, 0.2) is 18.2 Å². The lowest BCUT2D eigenvalue weighted by Crippen LogP contribution is -2.03. The fourth-order valence-electron chi connectivity index (χ4n) is 1.72. The predicted octanol–water partition coefficient (Wildman–Crippen LogP) is 2.49. The van der Waals surface area contributed by atoms with Crippen molar-refractivity contribution in [1.29, 1.82) is 0 Å². The lowest BCUT2D eigenvalue weighted by molar-refractivity contribution is -0.384. The molecule has 2 rings (SSSR count). The van der Waals surface area contributed by atoms with Crippen molar-refractivity contribution in [1.82, 2.24) is 0 Å². The molecule has 0 atom stereocenters. The van der Waals surface area contributed by atoms with Crippen molar-refractivity contribution in [2.24, 2.45) is 5.92 Å². The molecule has 0 heterocycles. The first-order valence-electron chi connectivity index (χ1n) is 5.78. The molecule has 1 saturated carbocycles. The van der Waals surface area contributed by atoms with Gasteiger partial charge in [0.25, 0.3) is 5.69 Å². The van der Waals surface area contributed by atoms with Crippen molar-refractivity contribution in [2.45, 2.75) is 25.9 Å². The summed E-state index contributed by atoms with van der Waals surface area (Å²) >= 11 is 0. The van der Waals surface area contributed by atoms with Gasteiger partial charge in [-0.25, -0.2) is 0 Å². The molecule has 1 fully saturated rings. The molecule has 1 aliphatic rings. The normalized spacial score (nSPS) is 14.8. The van der Waals surface area contributed by atoms with Crippen LogP contribution >= 0.6 is 0 Å². The van der Waals surface area contributed by atoms with Gasteiger partial charge in [-0.05, 0) is 12.3 Å². The van der Waals surface area contributed by atoms with Crippen LogP contribution in [0.5, 0.6) is 0 Å². The number of para-hydroxylation sites is 1. The third-order valence-corrected chi connectivity index (χ3v) is 3.00. The summed E-state index contributed by atoms with van der Waals surface area (Å²) in [6.07, 6.45) is 3.69. The van der Waals surface area contributed by atoms with Gasteiger partial charge >= 0.3 is 0 Å². The average molecular weight is 236 g/mol. The standard InChI is InChI=1S/C12H16N2O3/c13-12-10(2-1-3-11(12)14(15)16)8-17-7-6-9-4-5-9/h1-3,9H,4-8,13H2. The summed E-state index contributed by atoms with van der Waals surface area (Å²) in [7, 11) is 0. The SMILES string of the molecule is Nc1c(COCCC2CC2)cccc1[N+](=O)[O-]. The van der Waals surface area contributed by atoms with E-state index in [-0.39, 0.29) is 11.4 Å². The van der Waals surface area contributed by atoms with Gasteiger partial charge in [0, 0.05) is 18.2 Å². The predicted molar refractivity (Wildman–Crippen MR) is 64.5 cm³/mol. The third kappa shape index (κ3) is 3.17. The summed E-state index contributed by atoms with van der Waals surface area (Å²) in [4.78, 5) is 10.2. The second-order valence-corrected chi connectivity index (χ2v) is 4.39. The third-order valence-electron chi connectivity index (χ3n) is 3.00. The number of hydrogen-bond donors (Lipinski definition) is 1. The second kappa shape index (κ2) is 5.14. The molecule has 92 valence electrons. The van der Waals surface area contributed by atoms with Gasteiger partial charge in [-0.15, -0.1) is 0 Å². The maximum Gasteiger partial charge on any atom is 0.292 e. The van der Waals surface area contributed by atoms with Crippen molar-refractivity contribution in [2.75, 3.05) is 12.3 Å². The van der Waals surface area contributed by atoms with E-state index in [1.807, 2.05) is 0 Å². The monoisotopic (exact) mass is 236 g/mol. The molecule has 1 aromatic carbocycles. The van der Waals surface area contributed by atoms with Crippen LogP contribution in [0.3, 0.4) is 0 Å². The summed E-state index contributed by atoms with van der Waals surface area (Å²) in [6, 6.07) is 4.80. The summed E-state index contributed by atoms with van der Waals surface area (Å²) in [5.74, 6) is 0.831. The van der Waals surface area contributed by atoms with Crippen molar-refractivity contribution >= 4 is 11.4 Å². The maximum absolute atomic E-state index is 10.7. The van der Waals surface area contributed by atoms with Crippen LogP contribution in [-0.4, -0.2) is 11.5 Å². The Morgan fingerprint density at radius 2 is 2.24 bits per heavy atom. The lowest BCUT2D eigenvalue weighted by Gasteiger charge is -2.07. The first-order chi connectivity index (χ1) is 8.18. The van der Waals surface area contributed by atoms with Gasteiger partial charge in [0.2, 0.25) is 0 Å². The number of nitrogens with zero attached hydrogens (tertiary/aromatic N) is 1. The van der Waals surface area contributed by atoms with Crippen LogP contribution in [0, 0.1) is 16.0 Å². The maximum atomic E-state index is 10.7. The van der Waals surface area contributed by atoms with Crippen LogP contribution in [0.2, 0.25) is 0 Å². The zero-order valence-corrected chi connectivity index (χ0v) is 9.59. The first kappa shape index (κ1) is 11.9. The van der Waals surface area contributed by atoms with E-state index in [4.69, 9.17) is 10.5 Å². The molecular formula is C12H16N2O3. The number of nitrogens with two attached hydrogens (primary N) is 1. The van der Waals surface area contributed by atoms with E-state index in [0.717, 1.165) is 12.3 Å². The number of rotatable bonds is 6. The Morgan fingerprint density at radius 1 is 1.47 bits per heavy atom. The van der Waals surface area contributed by atoms with E-state index in [2.05, 4.69) is 0 Å². The number of anilines is 1. The van der Waals surface area contributed by atoms with Crippen molar-refractivity contribution in [3.05, 3.63) is 33.9 Å². The van der Waals surface area contributed by atoms with Gasteiger partial charge in [0.1, 0.15) is 5.69 Å². The van der Waals surface area contributed by atoms with Crippen LogP contribution in [-0.2, 0) is 11.3 Å². The molecule has 0 amide bonds. The first-order valence-corrected chi connectivity index (χ1v) is 5.78. The highest BCUT2D eigenvalue weighted by Crippen LogP contribution is 2.32. The Balaban J connectivity index is 1.90. The molecule has 0 unspecified atom stereocenters. The van der Waals surface area contributed by atoms with E-state index >= 15 is 0 Å². The van der Waals surface area contributed by atoms with Crippen LogP contribution < -0.4 is 5.73 Å². The Hall–Kier alpha value is -1.62. The molecule has 1 aromatic rings. The van der Waals surface area contributed by atoms with Crippen LogP contribution in [0.4, 0.5) is 11.4 Å². The fourth-order valence-corrected chi connectivity index (χ4v) is 1.72. The zero-order valence-electron chi connectivity index (χ0n) is 9.59. The van der Waals surface area contributed by atoms with Gasteiger partial charge in [0.05, 0.1) is 11.5 Å². The smallest absolute Gasteiger partial charge is 0.292 e. The summed E-state index contributed by atoms with van der Waals surface area (Å²) in [5, 5.41) is 10.7. The van der Waals surface area contributed by atoms with Gasteiger partial charge in [-0.3, -0.25) is 10.1 Å². The van der Waals surface area contributed by atoms with Crippen molar-refractivity contribution in [3.63, 3.8) is 0 Å². The van der Waals surface area contributed by atoms with Gasteiger partial charge in [0.15, 0.2) is 0 Å². The molecule has 0 radical (unpaired) electrons. The van der Waals surface area contributed by atoms with E-state index < -0.39 is 4.92 Å². The summed E-state index contributed by atoms with van der Waals surface area (Å²) in [5.41, 5.74) is 6.57. The van der Waals surface area contributed by atoms with Crippen LogP contribution in [0.25, 0.3) is 0 Å². The van der Waals surface area contributed by atoms with Gasteiger partial charge < -0.3 is 10.5 Å². The molecule has 5 nitrogen and oxygen atoms in total. The summed E-state index contributed by atoms with van der Waals surface area (Å²) in [6.45, 7) is 1.05. The number of ether oxygens (including phenoxy) is 1. The number of hydrogen-bond acceptors (Lipinski definition) is 4. The second-order valence-electron chi connectivity index (χ2n) is 4.39.